The number of fused-ring (bicyclic) bond motifs is 1. The van der Waals surface area contributed by atoms with E-state index in [2.05, 4.69) is 16.5 Å². The molecule has 1 aromatic carbocycles. The summed E-state index contributed by atoms with van der Waals surface area (Å²) in [4.78, 5) is 16.0. The Labute approximate surface area is 118 Å². The van der Waals surface area contributed by atoms with Crippen molar-refractivity contribution >= 4 is 17.0 Å². The number of hydrogen-bond acceptors (Lipinski definition) is 2. The summed E-state index contributed by atoms with van der Waals surface area (Å²) >= 11 is 0. The lowest BCUT2D eigenvalue weighted by molar-refractivity contribution is 0.0698. The summed E-state index contributed by atoms with van der Waals surface area (Å²) in [7, 11) is 0. The van der Waals surface area contributed by atoms with E-state index in [9.17, 15) is 9.90 Å². The maximum atomic E-state index is 11.5. The molecule has 0 bridgehead atoms. The second-order valence-corrected chi connectivity index (χ2v) is 5.75. The fraction of sp³-hybridized carbons (Fsp3) is 0.500. The van der Waals surface area contributed by atoms with Gasteiger partial charge in [0.1, 0.15) is 5.82 Å². The highest BCUT2D eigenvalue weighted by Gasteiger charge is 2.28. The Bertz CT molecular complexity index is 656. The average Bonchev–Trinajstić information content (AvgIpc) is 3.17. The largest absolute Gasteiger partial charge is 0.478 e. The van der Waals surface area contributed by atoms with Gasteiger partial charge in [-0.2, -0.15) is 0 Å². The summed E-state index contributed by atoms with van der Waals surface area (Å²) in [5, 5.41) is 9.42. The Balaban J connectivity index is 2.16. The van der Waals surface area contributed by atoms with Crippen LogP contribution in [0.3, 0.4) is 0 Å². The van der Waals surface area contributed by atoms with E-state index < -0.39 is 5.97 Å². The molecule has 3 rings (SSSR count). The topological polar surface area (TPSA) is 55.1 Å². The third-order valence-corrected chi connectivity index (χ3v) is 4.26. The molecule has 0 aliphatic heterocycles. The van der Waals surface area contributed by atoms with E-state index in [1.165, 1.54) is 12.8 Å². The molecule has 0 saturated heterocycles. The van der Waals surface area contributed by atoms with Crippen molar-refractivity contribution in [2.45, 2.75) is 45.6 Å². The first-order valence-electron chi connectivity index (χ1n) is 7.32. The van der Waals surface area contributed by atoms with Crippen LogP contribution in [0.5, 0.6) is 0 Å². The molecule has 1 unspecified atom stereocenters. The Morgan fingerprint density at radius 2 is 2.25 bits per heavy atom. The minimum absolute atomic E-state index is 0.355. The van der Waals surface area contributed by atoms with Crippen LogP contribution in [0.25, 0.3) is 11.0 Å². The first-order chi connectivity index (χ1) is 9.61. The molecule has 1 heterocycles. The predicted octanol–water partition coefficient (Wildman–Crippen LogP) is 3.79. The third kappa shape index (κ3) is 2.19. The van der Waals surface area contributed by atoms with Gasteiger partial charge < -0.3 is 9.67 Å². The van der Waals surface area contributed by atoms with Crippen LogP contribution >= 0.6 is 0 Å². The first-order valence-corrected chi connectivity index (χ1v) is 7.32. The molecule has 1 aliphatic carbocycles. The predicted molar refractivity (Wildman–Crippen MR) is 78.1 cm³/mol. The zero-order chi connectivity index (χ0) is 14.3. The molecule has 2 aromatic rings. The molecule has 4 nitrogen and oxygen atoms in total. The van der Waals surface area contributed by atoms with E-state index in [0.29, 0.717) is 11.6 Å². The van der Waals surface area contributed by atoms with Gasteiger partial charge >= 0.3 is 5.97 Å². The Morgan fingerprint density at radius 1 is 1.50 bits per heavy atom. The molecule has 1 saturated carbocycles. The molecule has 20 heavy (non-hydrogen) atoms. The van der Waals surface area contributed by atoms with Gasteiger partial charge in [0.2, 0.25) is 0 Å². The van der Waals surface area contributed by atoms with Crippen LogP contribution in [0.4, 0.5) is 0 Å². The van der Waals surface area contributed by atoms with E-state index in [4.69, 9.17) is 0 Å². The number of nitrogens with zero attached hydrogens (tertiary/aromatic N) is 2. The van der Waals surface area contributed by atoms with E-state index in [0.717, 1.165) is 35.6 Å². The summed E-state index contributed by atoms with van der Waals surface area (Å²) in [6, 6.07) is 5.69. The zero-order valence-corrected chi connectivity index (χ0v) is 12.0. The lowest BCUT2D eigenvalue weighted by Crippen LogP contribution is -2.12. The number of carboxylic acids is 1. The smallest absolute Gasteiger partial charge is 0.337 e. The van der Waals surface area contributed by atoms with Gasteiger partial charge in [-0.15, -0.1) is 0 Å². The summed E-state index contributed by atoms with van der Waals surface area (Å²) in [5.41, 5.74) is 1.93. The third-order valence-electron chi connectivity index (χ3n) is 4.26. The van der Waals surface area contributed by atoms with Crippen molar-refractivity contribution in [3.05, 3.63) is 29.6 Å². The molecule has 0 amide bonds. The second-order valence-electron chi connectivity index (χ2n) is 5.75. The van der Waals surface area contributed by atoms with Crippen molar-refractivity contribution in [2.24, 2.45) is 5.92 Å². The SMILES string of the molecule is CCC(CC1CC1)n1c(C)nc2cccc(C(=O)O)c21. The average molecular weight is 272 g/mol. The van der Waals surface area contributed by atoms with Crippen LogP contribution in [0.15, 0.2) is 18.2 Å². The number of benzene rings is 1. The van der Waals surface area contributed by atoms with Gasteiger partial charge in [-0.05, 0) is 37.8 Å². The summed E-state index contributed by atoms with van der Waals surface area (Å²) in [6.45, 7) is 4.14. The number of aryl methyl sites for hydroxylation is 1. The maximum absolute atomic E-state index is 11.5. The van der Waals surface area contributed by atoms with Crippen molar-refractivity contribution in [1.82, 2.24) is 9.55 Å². The monoisotopic (exact) mass is 272 g/mol. The summed E-state index contributed by atoms with van der Waals surface area (Å²) < 4.78 is 2.15. The van der Waals surface area contributed by atoms with Crippen molar-refractivity contribution in [2.75, 3.05) is 0 Å². The van der Waals surface area contributed by atoms with E-state index in [-0.39, 0.29) is 0 Å². The highest BCUT2D eigenvalue weighted by atomic mass is 16.4. The molecule has 1 aliphatic rings. The molecule has 4 heteroatoms. The number of aromatic carboxylic acids is 1. The number of carbonyl (C=O) groups is 1. The number of hydrogen-bond donors (Lipinski definition) is 1. The van der Waals surface area contributed by atoms with Gasteiger partial charge in [0.05, 0.1) is 16.6 Å². The quantitative estimate of drug-likeness (QED) is 0.900. The zero-order valence-electron chi connectivity index (χ0n) is 12.0. The van der Waals surface area contributed by atoms with Gasteiger partial charge in [0.15, 0.2) is 0 Å². The molecular formula is C16H20N2O2. The highest BCUT2D eigenvalue weighted by Crippen LogP contribution is 2.39. The van der Waals surface area contributed by atoms with Gasteiger partial charge in [0.25, 0.3) is 0 Å². The van der Waals surface area contributed by atoms with Crippen LogP contribution < -0.4 is 0 Å². The maximum Gasteiger partial charge on any atom is 0.337 e. The fourth-order valence-electron chi connectivity index (χ4n) is 3.08. The summed E-state index contributed by atoms with van der Waals surface area (Å²) in [6.07, 6.45) is 4.77. The van der Waals surface area contributed by atoms with Crippen LogP contribution in [0.1, 0.15) is 54.8 Å². The van der Waals surface area contributed by atoms with Crippen LogP contribution in [-0.4, -0.2) is 20.6 Å². The second kappa shape index (κ2) is 4.93. The van der Waals surface area contributed by atoms with Gasteiger partial charge in [-0.1, -0.05) is 25.8 Å². The normalized spacial score (nSPS) is 16.5. The molecule has 1 atom stereocenters. The number of carboxylic acid groups (broad SMARTS) is 1. The molecule has 1 fully saturated rings. The van der Waals surface area contributed by atoms with Crippen LogP contribution in [0.2, 0.25) is 0 Å². The Morgan fingerprint density at radius 3 is 2.85 bits per heavy atom. The Kier molecular flexibility index (Phi) is 3.24. The van der Waals surface area contributed by atoms with Crippen molar-refractivity contribution < 1.29 is 9.90 Å². The number of rotatable bonds is 5. The van der Waals surface area contributed by atoms with Crippen molar-refractivity contribution in [3.63, 3.8) is 0 Å². The molecule has 1 aromatic heterocycles. The van der Waals surface area contributed by atoms with E-state index in [1.807, 2.05) is 13.0 Å². The highest BCUT2D eigenvalue weighted by molar-refractivity contribution is 6.01. The molecule has 0 spiro atoms. The van der Waals surface area contributed by atoms with E-state index in [1.54, 1.807) is 12.1 Å². The fourth-order valence-corrected chi connectivity index (χ4v) is 3.08. The first kappa shape index (κ1) is 13.2. The van der Waals surface area contributed by atoms with Gasteiger partial charge in [-0.3, -0.25) is 0 Å². The van der Waals surface area contributed by atoms with Crippen LogP contribution in [-0.2, 0) is 0 Å². The van der Waals surface area contributed by atoms with Crippen molar-refractivity contribution in [3.8, 4) is 0 Å². The number of para-hydroxylation sites is 1. The lowest BCUT2D eigenvalue weighted by atomic mass is 10.1. The minimum atomic E-state index is -0.877. The Hall–Kier alpha value is -1.84. The lowest BCUT2D eigenvalue weighted by Gasteiger charge is -2.20. The molecule has 106 valence electrons. The standard InChI is InChI=1S/C16H20N2O2/c1-3-12(9-11-7-8-11)18-10(2)17-14-6-4-5-13(15(14)18)16(19)20/h4-6,11-12H,3,7-9H2,1-2H3,(H,19,20). The van der Waals surface area contributed by atoms with Gasteiger partial charge in [0, 0.05) is 6.04 Å². The number of imidazole rings is 1. The number of aromatic nitrogens is 2. The minimum Gasteiger partial charge on any atom is -0.478 e. The summed E-state index contributed by atoms with van der Waals surface area (Å²) in [5.74, 6) is 0.855. The van der Waals surface area contributed by atoms with E-state index >= 15 is 0 Å². The molecule has 1 N–H and O–H groups in total. The van der Waals surface area contributed by atoms with Crippen LogP contribution in [0, 0.1) is 12.8 Å². The van der Waals surface area contributed by atoms with Gasteiger partial charge in [-0.25, -0.2) is 9.78 Å². The molecular weight excluding hydrogens is 252 g/mol. The molecule has 0 radical (unpaired) electrons. The van der Waals surface area contributed by atoms with Crippen molar-refractivity contribution in [1.29, 1.82) is 0 Å².